The summed E-state index contributed by atoms with van der Waals surface area (Å²) >= 11 is 6.18. The number of benzene rings is 1. The van der Waals surface area contributed by atoms with Crippen molar-refractivity contribution in [2.75, 3.05) is 19.7 Å². The van der Waals surface area contributed by atoms with Crippen molar-refractivity contribution >= 4 is 21.6 Å². The van der Waals surface area contributed by atoms with Gasteiger partial charge < -0.3 is 4.74 Å². The summed E-state index contributed by atoms with van der Waals surface area (Å²) in [6, 6.07) is 8.23. The Bertz CT molecular complexity index is 902. The van der Waals surface area contributed by atoms with Gasteiger partial charge in [0.15, 0.2) is 0 Å². The maximum absolute atomic E-state index is 13.0. The van der Waals surface area contributed by atoms with E-state index in [0.29, 0.717) is 31.3 Å². The van der Waals surface area contributed by atoms with E-state index in [1.54, 1.807) is 18.3 Å². The molecule has 0 radical (unpaired) electrons. The molecule has 1 aliphatic rings. The maximum Gasteiger partial charge on any atom is 0.248 e. The van der Waals surface area contributed by atoms with Gasteiger partial charge in [-0.1, -0.05) is 23.7 Å². The summed E-state index contributed by atoms with van der Waals surface area (Å²) in [7, 11) is -1.94. The quantitative estimate of drug-likeness (QED) is 0.676. The van der Waals surface area contributed by atoms with Crippen LogP contribution in [0.4, 0.5) is 0 Å². The van der Waals surface area contributed by atoms with E-state index in [2.05, 4.69) is 17.2 Å². The van der Waals surface area contributed by atoms with E-state index in [1.807, 2.05) is 19.1 Å². The lowest BCUT2D eigenvalue weighted by Crippen LogP contribution is -2.38. The molecule has 6 nitrogen and oxygen atoms in total. The van der Waals surface area contributed by atoms with Crippen molar-refractivity contribution < 1.29 is 13.2 Å². The lowest BCUT2D eigenvalue weighted by Gasteiger charge is -2.31. The van der Waals surface area contributed by atoms with Crippen molar-refractivity contribution in [1.82, 2.24) is 14.1 Å². The minimum absolute atomic E-state index is 0.143. The molecule has 1 saturated heterocycles. The number of hydrogen-bond acceptors (Lipinski definition) is 4. The third kappa shape index (κ3) is 4.53. The molecule has 1 fully saturated rings. The number of rotatable bonds is 7. The second-order valence-corrected chi connectivity index (χ2v) is 9.52. The molecule has 1 aliphatic heterocycles. The molecule has 0 atom stereocenters. The van der Waals surface area contributed by atoms with Gasteiger partial charge in [0, 0.05) is 20.1 Å². The number of hydrogen-bond donors (Lipinski definition) is 0. The molecule has 2 aromatic rings. The summed E-state index contributed by atoms with van der Waals surface area (Å²) in [6.45, 7) is 5.39. The normalized spacial score (nSPS) is 16.4. The van der Waals surface area contributed by atoms with Gasteiger partial charge in [-0.15, -0.1) is 0 Å². The molecule has 8 heteroatoms. The lowest BCUT2D eigenvalue weighted by molar-refractivity contribution is 0.263. The predicted molar refractivity (Wildman–Crippen MR) is 110 cm³/mol. The zero-order chi connectivity index (χ0) is 20.3. The Balaban J connectivity index is 1.55. The Labute approximate surface area is 172 Å². The Morgan fingerprint density at radius 1 is 1.21 bits per heavy atom. The molecule has 0 saturated carbocycles. The monoisotopic (exact) mass is 425 g/mol. The molecule has 0 spiro atoms. The average molecular weight is 426 g/mol. The molecule has 0 N–H and O–H groups in total. The lowest BCUT2D eigenvalue weighted by atomic mass is 9.91. The number of ether oxygens (including phenoxy) is 1. The van der Waals surface area contributed by atoms with Crippen LogP contribution in [0.1, 0.15) is 37.4 Å². The van der Waals surface area contributed by atoms with E-state index < -0.39 is 10.0 Å². The third-order valence-electron chi connectivity index (χ3n) is 5.35. The molecule has 0 unspecified atom stereocenters. The van der Waals surface area contributed by atoms with E-state index >= 15 is 0 Å². The van der Waals surface area contributed by atoms with Gasteiger partial charge in [0.2, 0.25) is 10.0 Å². The molecule has 0 amide bonds. The predicted octanol–water partition coefficient (Wildman–Crippen LogP) is 3.81. The van der Waals surface area contributed by atoms with Gasteiger partial charge >= 0.3 is 0 Å². The summed E-state index contributed by atoms with van der Waals surface area (Å²) in [4.78, 5) is 0.143. The van der Waals surface area contributed by atoms with Gasteiger partial charge in [-0.2, -0.15) is 9.40 Å². The highest BCUT2D eigenvalue weighted by atomic mass is 35.5. The Morgan fingerprint density at radius 2 is 1.86 bits per heavy atom. The Kier molecular flexibility index (Phi) is 6.68. The van der Waals surface area contributed by atoms with Crippen LogP contribution in [0.3, 0.4) is 0 Å². The standard InChI is InChI=1S/C20H28ClN3O3S/c1-4-27-18-9-7-16(8-10-18)5-6-17-11-13-24(14-12-17)28(25,26)19-15(2)22-23(3)20(19)21/h7-10,17H,4-6,11-14H2,1-3H3. The van der Waals surface area contributed by atoms with Gasteiger partial charge in [-0.05, 0) is 63.1 Å². The first-order valence-electron chi connectivity index (χ1n) is 9.74. The molecule has 1 aromatic carbocycles. The van der Waals surface area contributed by atoms with Crippen molar-refractivity contribution in [1.29, 1.82) is 0 Å². The van der Waals surface area contributed by atoms with E-state index in [9.17, 15) is 8.42 Å². The van der Waals surface area contributed by atoms with Crippen LogP contribution in [-0.4, -0.2) is 42.2 Å². The molecule has 1 aromatic heterocycles. The Hall–Kier alpha value is -1.57. The summed E-state index contributed by atoms with van der Waals surface area (Å²) in [6.07, 6.45) is 3.80. The Morgan fingerprint density at radius 3 is 2.39 bits per heavy atom. The molecular weight excluding hydrogens is 398 g/mol. The third-order valence-corrected chi connectivity index (χ3v) is 7.94. The molecule has 0 bridgehead atoms. The van der Waals surface area contributed by atoms with E-state index in [1.165, 1.54) is 10.2 Å². The second-order valence-electron chi connectivity index (χ2n) is 7.29. The minimum Gasteiger partial charge on any atom is -0.494 e. The smallest absolute Gasteiger partial charge is 0.248 e. The highest BCUT2D eigenvalue weighted by Crippen LogP contribution is 2.31. The van der Waals surface area contributed by atoms with Crippen LogP contribution in [0.5, 0.6) is 5.75 Å². The molecule has 0 aliphatic carbocycles. The van der Waals surface area contributed by atoms with E-state index in [4.69, 9.17) is 16.3 Å². The summed E-state index contributed by atoms with van der Waals surface area (Å²) in [5.41, 5.74) is 1.74. The van der Waals surface area contributed by atoms with Crippen molar-refractivity contribution in [3.05, 3.63) is 40.7 Å². The molecular formula is C20H28ClN3O3S. The van der Waals surface area contributed by atoms with Crippen molar-refractivity contribution in [3.63, 3.8) is 0 Å². The van der Waals surface area contributed by atoms with Crippen LogP contribution in [-0.2, 0) is 23.5 Å². The number of piperidine rings is 1. The van der Waals surface area contributed by atoms with Crippen LogP contribution >= 0.6 is 11.6 Å². The first-order valence-corrected chi connectivity index (χ1v) is 11.6. The van der Waals surface area contributed by atoms with E-state index in [-0.39, 0.29) is 10.0 Å². The first kappa shape index (κ1) is 21.1. The highest BCUT2D eigenvalue weighted by molar-refractivity contribution is 7.89. The number of sulfonamides is 1. The SMILES string of the molecule is CCOc1ccc(CCC2CCN(S(=O)(=O)c3c(C)nn(C)c3Cl)CC2)cc1. The first-order chi connectivity index (χ1) is 13.3. The molecule has 3 rings (SSSR count). The van der Waals surface area contributed by atoms with Crippen LogP contribution in [0.15, 0.2) is 29.2 Å². The molecule has 28 heavy (non-hydrogen) atoms. The van der Waals surface area contributed by atoms with Crippen molar-refractivity contribution in [2.45, 2.75) is 44.4 Å². The van der Waals surface area contributed by atoms with Gasteiger partial charge in [0.1, 0.15) is 15.8 Å². The molecule has 154 valence electrons. The van der Waals surface area contributed by atoms with Gasteiger partial charge in [-0.3, -0.25) is 4.68 Å². The summed E-state index contributed by atoms with van der Waals surface area (Å²) < 4.78 is 34.4. The van der Waals surface area contributed by atoms with Gasteiger partial charge in [-0.25, -0.2) is 8.42 Å². The highest BCUT2D eigenvalue weighted by Gasteiger charge is 2.34. The van der Waals surface area contributed by atoms with Gasteiger partial charge in [0.05, 0.1) is 12.3 Å². The summed E-state index contributed by atoms with van der Waals surface area (Å²) in [5.74, 6) is 1.43. The van der Waals surface area contributed by atoms with Crippen LogP contribution < -0.4 is 4.74 Å². The summed E-state index contributed by atoms with van der Waals surface area (Å²) in [5, 5.41) is 4.31. The van der Waals surface area contributed by atoms with Gasteiger partial charge in [0.25, 0.3) is 0 Å². The fourth-order valence-electron chi connectivity index (χ4n) is 3.76. The fourth-order valence-corrected chi connectivity index (χ4v) is 5.94. The topological polar surface area (TPSA) is 64.4 Å². The average Bonchev–Trinajstić information content (AvgIpc) is 2.94. The minimum atomic E-state index is -3.60. The zero-order valence-corrected chi connectivity index (χ0v) is 18.3. The fraction of sp³-hybridized carbons (Fsp3) is 0.550. The maximum atomic E-state index is 13.0. The number of aromatic nitrogens is 2. The van der Waals surface area contributed by atoms with Crippen LogP contribution in [0.2, 0.25) is 5.15 Å². The second kappa shape index (κ2) is 8.84. The number of nitrogens with zero attached hydrogens (tertiary/aromatic N) is 3. The molecule has 2 heterocycles. The van der Waals surface area contributed by atoms with Crippen LogP contribution in [0.25, 0.3) is 0 Å². The number of halogens is 1. The zero-order valence-electron chi connectivity index (χ0n) is 16.7. The van der Waals surface area contributed by atoms with Crippen LogP contribution in [0, 0.1) is 12.8 Å². The largest absolute Gasteiger partial charge is 0.494 e. The van der Waals surface area contributed by atoms with Crippen molar-refractivity contribution in [3.8, 4) is 5.75 Å². The van der Waals surface area contributed by atoms with Crippen molar-refractivity contribution in [2.24, 2.45) is 13.0 Å². The van der Waals surface area contributed by atoms with E-state index in [0.717, 1.165) is 31.4 Å². The number of aryl methyl sites for hydroxylation is 3.